The molecule has 1 aliphatic rings. The first kappa shape index (κ1) is 22.5. The molecular formula is C25H32N4O3. The van der Waals surface area contributed by atoms with Crippen LogP contribution >= 0.6 is 0 Å². The predicted octanol–water partition coefficient (Wildman–Crippen LogP) is 2.49. The fourth-order valence-corrected chi connectivity index (χ4v) is 4.09. The fourth-order valence-electron chi connectivity index (χ4n) is 4.09. The van der Waals surface area contributed by atoms with E-state index in [-0.39, 0.29) is 6.61 Å². The van der Waals surface area contributed by atoms with E-state index in [1.807, 2.05) is 30.3 Å². The first-order valence-electron chi connectivity index (χ1n) is 11.1. The van der Waals surface area contributed by atoms with Gasteiger partial charge < -0.3 is 20.3 Å². The van der Waals surface area contributed by atoms with E-state index in [0.717, 1.165) is 67.0 Å². The minimum Gasteiger partial charge on any atom is -0.491 e. The monoisotopic (exact) mass is 436 g/mol. The molecule has 1 fully saturated rings. The quantitative estimate of drug-likeness (QED) is 0.533. The van der Waals surface area contributed by atoms with Gasteiger partial charge in [-0.15, -0.1) is 0 Å². The number of methoxy groups -OCH3 is 1. The average Bonchev–Trinajstić information content (AvgIpc) is 2.82. The second kappa shape index (κ2) is 10.7. The van der Waals surface area contributed by atoms with Gasteiger partial charge in [0.15, 0.2) is 0 Å². The Morgan fingerprint density at radius 2 is 1.78 bits per heavy atom. The zero-order valence-corrected chi connectivity index (χ0v) is 18.6. The Hall–Kier alpha value is -2.71. The van der Waals surface area contributed by atoms with Crippen LogP contribution in [0.2, 0.25) is 0 Å². The lowest BCUT2D eigenvalue weighted by molar-refractivity contribution is 0.0405. The van der Waals surface area contributed by atoms with Gasteiger partial charge in [0.05, 0.1) is 6.61 Å². The first-order chi connectivity index (χ1) is 15.6. The number of piperazine rings is 1. The number of nitrogens with two attached hydrogens (primary N) is 1. The predicted molar refractivity (Wildman–Crippen MR) is 128 cm³/mol. The molecule has 32 heavy (non-hydrogen) atoms. The minimum absolute atomic E-state index is 0.277. The molecule has 7 nitrogen and oxygen atoms in total. The lowest BCUT2D eigenvalue weighted by atomic mass is 10.0. The molecule has 2 aromatic carbocycles. The normalized spacial score (nSPS) is 16.3. The van der Waals surface area contributed by atoms with Crippen molar-refractivity contribution < 1.29 is 14.6 Å². The molecule has 1 atom stereocenters. The number of benzene rings is 2. The summed E-state index contributed by atoms with van der Waals surface area (Å²) in [6.07, 6.45) is 2.96. The summed E-state index contributed by atoms with van der Waals surface area (Å²) in [5, 5.41) is 12.6. The number of aliphatic hydroxyl groups excluding tert-OH is 1. The fraction of sp³-hybridized carbons (Fsp3) is 0.400. The summed E-state index contributed by atoms with van der Waals surface area (Å²) in [7, 11) is 1.73. The number of rotatable bonds is 9. The lowest BCUT2D eigenvalue weighted by Gasteiger charge is -2.35. The largest absolute Gasteiger partial charge is 0.491 e. The summed E-state index contributed by atoms with van der Waals surface area (Å²) in [6.45, 7) is 6.57. The topological polar surface area (TPSA) is 84.1 Å². The third-order valence-electron chi connectivity index (χ3n) is 5.97. The average molecular weight is 437 g/mol. The molecule has 7 heteroatoms. The summed E-state index contributed by atoms with van der Waals surface area (Å²) in [5.74, 6) is 0.759. The van der Waals surface area contributed by atoms with E-state index in [2.05, 4.69) is 26.9 Å². The molecule has 1 unspecified atom stereocenters. The van der Waals surface area contributed by atoms with Gasteiger partial charge >= 0.3 is 0 Å². The van der Waals surface area contributed by atoms with Gasteiger partial charge in [-0.05, 0) is 40.6 Å². The molecule has 0 aliphatic carbocycles. The Morgan fingerprint density at radius 1 is 1.03 bits per heavy atom. The SMILES string of the molecule is COCCN1CCN(CC(O)COc2ccc3cc(-c4cnccc4N)ccc3c2)CC1. The number of pyridine rings is 1. The molecule has 3 aromatic rings. The van der Waals surface area contributed by atoms with Gasteiger partial charge in [-0.1, -0.05) is 18.2 Å². The highest BCUT2D eigenvalue weighted by Crippen LogP contribution is 2.29. The van der Waals surface area contributed by atoms with Crippen LogP contribution in [0.15, 0.2) is 54.9 Å². The van der Waals surface area contributed by atoms with E-state index < -0.39 is 6.10 Å². The Morgan fingerprint density at radius 3 is 2.56 bits per heavy atom. The van der Waals surface area contributed by atoms with E-state index in [1.54, 1.807) is 19.5 Å². The van der Waals surface area contributed by atoms with Crippen molar-refractivity contribution in [3.8, 4) is 16.9 Å². The van der Waals surface area contributed by atoms with Gasteiger partial charge in [-0.3, -0.25) is 14.8 Å². The van der Waals surface area contributed by atoms with Crippen molar-refractivity contribution in [2.24, 2.45) is 0 Å². The van der Waals surface area contributed by atoms with E-state index in [4.69, 9.17) is 15.2 Å². The zero-order chi connectivity index (χ0) is 22.3. The smallest absolute Gasteiger partial charge is 0.120 e. The van der Waals surface area contributed by atoms with Crippen LogP contribution in [0.3, 0.4) is 0 Å². The van der Waals surface area contributed by atoms with E-state index in [9.17, 15) is 5.11 Å². The molecule has 0 amide bonds. The van der Waals surface area contributed by atoms with Crippen LogP contribution in [-0.4, -0.2) is 85.6 Å². The van der Waals surface area contributed by atoms with Crippen LogP contribution in [0.4, 0.5) is 5.69 Å². The van der Waals surface area contributed by atoms with Crippen LogP contribution in [-0.2, 0) is 4.74 Å². The number of hydrogen-bond acceptors (Lipinski definition) is 7. The van der Waals surface area contributed by atoms with Gasteiger partial charge in [-0.25, -0.2) is 0 Å². The van der Waals surface area contributed by atoms with E-state index in [0.29, 0.717) is 12.2 Å². The third-order valence-corrected chi connectivity index (χ3v) is 5.97. The number of ether oxygens (including phenoxy) is 2. The van der Waals surface area contributed by atoms with Crippen molar-refractivity contribution in [2.45, 2.75) is 6.10 Å². The number of hydrogen-bond donors (Lipinski definition) is 2. The summed E-state index contributed by atoms with van der Waals surface area (Å²) in [5.41, 5.74) is 8.76. The van der Waals surface area contributed by atoms with Crippen LogP contribution in [0.5, 0.6) is 5.75 Å². The molecule has 4 rings (SSSR count). The minimum atomic E-state index is -0.521. The van der Waals surface area contributed by atoms with Crippen molar-refractivity contribution in [1.82, 2.24) is 14.8 Å². The number of fused-ring (bicyclic) bond motifs is 1. The molecular weight excluding hydrogens is 404 g/mol. The molecule has 2 heterocycles. The molecule has 0 bridgehead atoms. The second-order valence-electron chi connectivity index (χ2n) is 8.29. The Kier molecular flexibility index (Phi) is 7.55. The van der Waals surface area contributed by atoms with Crippen molar-refractivity contribution in [1.29, 1.82) is 0 Å². The maximum atomic E-state index is 10.5. The summed E-state index contributed by atoms with van der Waals surface area (Å²) in [4.78, 5) is 8.87. The number of nitrogen functional groups attached to an aromatic ring is 1. The van der Waals surface area contributed by atoms with Crippen molar-refractivity contribution >= 4 is 16.5 Å². The molecule has 1 aliphatic heterocycles. The number of anilines is 1. The Bertz CT molecular complexity index is 1020. The van der Waals surface area contributed by atoms with Crippen molar-refractivity contribution in [2.75, 3.05) is 65.3 Å². The summed E-state index contributed by atoms with van der Waals surface area (Å²) in [6, 6.07) is 14.0. The number of nitrogens with zero attached hydrogens (tertiary/aromatic N) is 3. The van der Waals surface area contributed by atoms with Gasteiger partial charge in [-0.2, -0.15) is 0 Å². The first-order valence-corrected chi connectivity index (χ1v) is 11.1. The second-order valence-corrected chi connectivity index (χ2v) is 8.29. The van der Waals surface area contributed by atoms with Gasteiger partial charge in [0.2, 0.25) is 0 Å². The van der Waals surface area contributed by atoms with Crippen LogP contribution in [0.1, 0.15) is 0 Å². The van der Waals surface area contributed by atoms with E-state index in [1.165, 1.54) is 0 Å². The highest BCUT2D eigenvalue weighted by atomic mass is 16.5. The highest BCUT2D eigenvalue weighted by Gasteiger charge is 2.19. The van der Waals surface area contributed by atoms with Crippen LogP contribution < -0.4 is 10.5 Å². The molecule has 1 aromatic heterocycles. The molecule has 0 saturated carbocycles. The van der Waals surface area contributed by atoms with Crippen molar-refractivity contribution in [3.05, 3.63) is 54.9 Å². The molecule has 0 radical (unpaired) electrons. The molecule has 1 saturated heterocycles. The molecule has 170 valence electrons. The maximum Gasteiger partial charge on any atom is 0.120 e. The number of aromatic nitrogens is 1. The lowest BCUT2D eigenvalue weighted by Crippen LogP contribution is -2.49. The Labute approximate surface area is 189 Å². The number of β-amino-alcohol motifs (C(OH)–C–C–N with tert-alkyl or cyclic N) is 1. The van der Waals surface area contributed by atoms with Gasteiger partial charge in [0.25, 0.3) is 0 Å². The van der Waals surface area contributed by atoms with Gasteiger partial charge in [0.1, 0.15) is 18.5 Å². The summed E-state index contributed by atoms with van der Waals surface area (Å²) < 4.78 is 11.0. The van der Waals surface area contributed by atoms with Crippen LogP contribution in [0.25, 0.3) is 21.9 Å². The van der Waals surface area contributed by atoms with Crippen LogP contribution in [0, 0.1) is 0 Å². The Balaban J connectivity index is 1.30. The third kappa shape index (κ3) is 5.75. The van der Waals surface area contributed by atoms with Gasteiger partial charge in [0, 0.05) is 70.0 Å². The standard InChI is InChI=1S/C25H32N4O3/c1-31-13-12-28-8-10-29(11-9-28)17-22(30)18-32-23-5-4-19-14-21(3-2-20(19)15-23)24-16-27-7-6-25(24)26/h2-7,14-16,22,30H,8-13,17-18H2,1H3,(H2,26,27). The maximum absolute atomic E-state index is 10.5. The zero-order valence-electron chi connectivity index (χ0n) is 18.6. The molecule has 3 N–H and O–H groups in total. The number of aliphatic hydroxyl groups is 1. The van der Waals surface area contributed by atoms with E-state index >= 15 is 0 Å². The molecule has 0 spiro atoms. The van der Waals surface area contributed by atoms with Crippen molar-refractivity contribution in [3.63, 3.8) is 0 Å². The summed E-state index contributed by atoms with van der Waals surface area (Å²) >= 11 is 0. The highest BCUT2D eigenvalue weighted by molar-refractivity contribution is 5.90.